The summed E-state index contributed by atoms with van der Waals surface area (Å²) < 4.78 is 12.2. The van der Waals surface area contributed by atoms with E-state index in [1.54, 1.807) is 0 Å². The lowest BCUT2D eigenvalue weighted by Gasteiger charge is -2.16. The van der Waals surface area contributed by atoms with Crippen LogP contribution in [0.15, 0.2) is 72.8 Å². The molecule has 1 aliphatic carbocycles. The van der Waals surface area contributed by atoms with E-state index >= 15 is 0 Å². The lowest BCUT2D eigenvalue weighted by molar-refractivity contribution is -0.136. The maximum atomic E-state index is 10.7. The number of aliphatic carboxylic acids is 1. The third kappa shape index (κ3) is 4.96. The molecule has 1 unspecified atom stereocenters. The van der Waals surface area contributed by atoms with Gasteiger partial charge in [-0.05, 0) is 65.8 Å². The molecule has 29 heavy (non-hydrogen) atoms. The van der Waals surface area contributed by atoms with Crippen LogP contribution in [0.1, 0.15) is 41.2 Å². The monoisotopic (exact) mass is 388 g/mol. The van der Waals surface area contributed by atoms with Gasteiger partial charge in [0.25, 0.3) is 0 Å². The predicted octanol–water partition coefficient (Wildman–Crippen LogP) is 5.35. The molecule has 4 rings (SSSR count). The fourth-order valence-corrected chi connectivity index (χ4v) is 3.65. The van der Waals surface area contributed by atoms with Gasteiger partial charge < -0.3 is 14.6 Å². The molecule has 0 heterocycles. The van der Waals surface area contributed by atoms with Crippen LogP contribution in [0, 0.1) is 0 Å². The van der Waals surface area contributed by atoms with Crippen LogP contribution in [0.4, 0.5) is 0 Å². The van der Waals surface area contributed by atoms with E-state index in [0.717, 1.165) is 35.5 Å². The van der Waals surface area contributed by atoms with E-state index < -0.39 is 5.97 Å². The molecule has 148 valence electrons. The molecule has 1 atom stereocenters. The Morgan fingerprint density at radius 1 is 0.931 bits per heavy atom. The van der Waals surface area contributed by atoms with E-state index in [1.807, 2.05) is 48.5 Å². The summed E-state index contributed by atoms with van der Waals surface area (Å²) in [7, 11) is 0. The van der Waals surface area contributed by atoms with E-state index in [4.69, 9.17) is 14.6 Å². The molecule has 4 heteroatoms. The second-order valence-corrected chi connectivity index (χ2v) is 7.32. The molecule has 1 N–H and O–H groups in total. The van der Waals surface area contributed by atoms with Crippen LogP contribution >= 0.6 is 0 Å². The maximum Gasteiger partial charge on any atom is 0.303 e. The molecule has 0 radical (unpaired) electrons. The highest BCUT2D eigenvalue weighted by Gasteiger charge is 2.24. The normalized spacial score (nSPS) is 15.0. The Hall–Kier alpha value is -3.27. The molecular weight excluding hydrogens is 364 g/mol. The van der Waals surface area contributed by atoms with Crippen LogP contribution in [-0.2, 0) is 24.2 Å². The van der Waals surface area contributed by atoms with Crippen LogP contribution in [-0.4, -0.2) is 11.1 Å². The second kappa shape index (κ2) is 8.82. The van der Waals surface area contributed by atoms with Crippen molar-refractivity contribution in [3.8, 4) is 11.5 Å². The van der Waals surface area contributed by atoms with E-state index in [9.17, 15) is 4.79 Å². The molecule has 0 spiro atoms. The quantitative estimate of drug-likeness (QED) is 0.565. The zero-order valence-corrected chi connectivity index (χ0v) is 16.2. The summed E-state index contributed by atoms with van der Waals surface area (Å²) in [5, 5.41) is 8.80. The van der Waals surface area contributed by atoms with Gasteiger partial charge in [-0.3, -0.25) is 4.79 Å². The van der Waals surface area contributed by atoms with Gasteiger partial charge >= 0.3 is 5.97 Å². The van der Waals surface area contributed by atoms with E-state index in [-0.39, 0.29) is 12.5 Å². The first-order chi connectivity index (χ1) is 14.2. The van der Waals surface area contributed by atoms with Gasteiger partial charge in [-0.25, -0.2) is 0 Å². The summed E-state index contributed by atoms with van der Waals surface area (Å²) in [6.07, 6.45) is 2.62. The third-order valence-corrected chi connectivity index (χ3v) is 5.22. The van der Waals surface area contributed by atoms with Crippen LogP contribution in [0.25, 0.3) is 0 Å². The highest BCUT2D eigenvalue weighted by atomic mass is 16.5. The van der Waals surface area contributed by atoms with Crippen LogP contribution in [0.3, 0.4) is 0 Å². The lowest BCUT2D eigenvalue weighted by Crippen LogP contribution is -2.04. The number of aryl methyl sites for hydroxylation is 2. The summed E-state index contributed by atoms with van der Waals surface area (Å²) in [6.45, 7) is 0.545. The Morgan fingerprint density at radius 3 is 2.45 bits per heavy atom. The molecule has 0 amide bonds. The molecule has 0 bridgehead atoms. The minimum atomic E-state index is -0.779. The average molecular weight is 388 g/mol. The van der Waals surface area contributed by atoms with Gasteiger partial charge in [-0.1, -0.05) is 48.5 Å². The fourth-order valence-electron chi connectivity index (χ4n) is 3.65. The third-order valence-electron chi connectivity index (χ3n) is 5.22. The van der Waals surface area contributed by atoms with Crippen molar-refractivity contribution in [1.29, 1.82) is 0 Å². The highest BCUT2D eigenvalue weighted by Crippen LogP contribution is 2.37. The van der Waals surface area contributed by atoms with Crippen LogP contribution in [0.2, 0.25) is 0 Å². The number of hydrogen-bond acceptors (Lipinski definition) is 3. The van der Waals surface area contributed by atoms with Crippen molar-refractivity contribution >= 4 is 5.97 Å². The first-order valence-electron chi connectivity index (χ1n) is 9.94. The van der Waals surface area contributed by atoms with Gasteiger partial charge in [0.15, 0.2) is 0 Å². The Labute approximate surface area is 170 Å². The second-order valence-electron chi connectivity index (χ2n) is 7.32. The van der Waals surface area contributed by atoms with Crippen molar-refractivity contribution in [2.45, 2.75) is 38.4 Å². The van der Waals surface area contributed by atoms with Crippen molar-refractivity contribution in [1.82, 2.24) is 0 Å². The minimum absolute atomic E-state index is 0.00939. The Kier molecular flexibility index (Phi) is 5.80. The van der Waals surface area contributed by atoms with Crippen molar-refractivity contribution < 1.29 is 19.4 Å². The van der Waals surface area contributed by atoms with Crippen molar-refractivity contribution in [3.63, 3.8) is 0 Å². The average Bonchev–Trinajstić information content (AvgIpc) is 3.14. The van der Waals surface area contributed by atoms with Gasteiger partial charge in [0.2, 0.25) is 0 Å². The molecule has 3 aromatic rings. The summed E-state index contributed by atoms with van der Waals surface area (Å²) >= 11 is 0. The number of rotatable bonds is 8. The first-order valence-corrected chi connectivity index (χ1v) is 9.94. The number of hydrogen-bond donors (Lipinski definition) is 1. The van der Waals surface area contributed by atoms with E-state index in [2.05, 4.69) is 24.3 Å². The summed E-state index contributed by atoms with van der Waals surface area (Å²) in [4.78, 5) is 10.7. The largest absolute Gasteiger partial charge is 0.489 e. The number of ether oxygens (including phenoxy) is 2. The molecule has 0 aliphatic heterocycles. The van der Waals surface area contributed by atoms with Gasteiger partial charge in [0.05, 0.1) is 0 Å². The molecule has 0 saturated heterocycles. The summed E-state index contributed by atoms with van der Waals surface area (Å²) in [6, 6.07) is 24.1. The number of fused-ring (bicyclic) bond motifs is 1. The van der Waals surface area contributed by atoms with Crippen LogP contribution < -0.4 is 9.47 Å². The molecule has 4 nitrogen and oxygen atoms in total. The topological polar surface area (TPSA) is 55.8 Å². The first kappa shape index (κ1) is 19.1. The standard InChI is InChI=1S/C25H24O4/c26-25(27)15-8-18-6-11-21(12-7-18)29-24-14-10-20-9-13-22(16-23(20)24)28-17-19-4-2-1-3-5-19/h1-7,9,11-13,16,24H,8,10,14-15,17H2,(H,26,27). The van der Waals surface area contributed by atoms with Crippen molar-refractivity contribution in [3.05, 3.63) is 95.1 Å². The summed E-state index contributed by atoms with van der Waals surface area (Å²) in [5.41, 5.74) is 4.64. The number of carbonyl (C=O) groups is 1. The van der Waals surface area contributed by atoms with Crippen LogP contribution in [0.5, 0.6) is 11.5 Å². The number of carboxylic acids is 1. The zero-order valence-electron chi connectivity index (χ0n) is 16.2. The predicted molar refractivity (Wildman–Crippen MR) is 111 cm³/mol. The number of carboxylic acid groups (broad SMARTS) is 1. The molecule has 3 aromatic carbocycles. The number of benzene rings is 3. The van der Waals surface area contributed by atoms with Gasteiger partial charge in [0.1, 0.15) is 24.2 Å². The Balaban J connectivity index is 1.40. The fraction of sp³-hybridized carbons (Fsp3) is 0.240. The Morgan fingerprint density at radius 2 is 1.69 bits per heavy atom. The van der Waals surface area contributed by atoms with Gasteiger partial charge in [-0.15, -0.1) is 0 Å². The SMILES string of the molecule is O=C(O)CCc1ccc(OC2CCc3ccc(OCc4ccccc4)cc32)cc1. The van der Waals surface area contributed by atoms with E-state index in [1.165, 1.54) is 11.1 Å². The van der Waals surface area contributed by atoms with Gasteiger partial charge in [0, 0.05) is 6.42 Å². The minimum Gasteiger partial charge on any atom is -0.489 e. The van der Waals surface area contributed by atoms with Gasteiger partial charge in [-0.2, -0.15) is 0 Å². The van der Waals surface area contributed by atoms with Crippen molar-refractivity contribution in [2.24, 2.45) is 0 Å². The molecular formula is C25H24O4. The van der Waals surface area contributed by atoms with Crippen molar-refractivity contribution in [2.75, 3.05) is 0 Å². The molecule has 1 aliphatic rings. The zero-order chi connectivity index (χ0) is 20.1. The summed E-state index contributed by atoms with van der Waals surface area (Å²) in [5.74, 6) is 0.878. The Bertz CT molecular complexity index is 964. The molecule has 0 aromatic heterocycles. The molecule has 0 fully saturated rings. The van der Waals surface area contributed by atoms with E-state index in [0.29, 0.717) is 13.0 Å². The smallest absolute Gasteiger partial charge is 0.303 e. The molecule has 0 saturated carbocycles. The lowest BCUT2D eigenvalue weighted by atomic mass is 10.1. The highest BCUT2D eigenvalue weighted by molar-refractivity contribution is 5.67. The maximum absolute atomic E-state index is 10.7.